The second kappa shape index (κ2) is 58.6. The second-order valence-electron chi connectivity index (χ2n) is 46.7. The number of hydrogen-bond donors (Lipinski definition) is 4. The van der Waals surface area contributed by atoms with Crippen molar-refractivity contribution in [2.24, 2.45) is 0 Å². The van der Waals surface area contributed by atoms with Gasteiger partial charge in [-0.15, -0.1) is 0 Å². The van der Waals surface area contributed by atoms with Crippen molar-refractivity contribution < 1.29 is 29.9 Å². The number of fused-ring (bicyclic) bond motifs is 7. The van der Waals surface area contributed by atoms with Crippen molar-refractivity contribution >= 4 is 39.8 Å². The van der Waals surface area contributed by atoms with Crippen LogP contribution in [0.2, 0.25) is 0 Å². The summed E-state index contributed by atoms with van der Waals surface area (Å²) in [6.07, 6.45) is 7.37. The van der Waals surface area contributed by atoms with Gasteiger partial charge in [0.05, 0.1) is 52.9 Å². The van der Waals surface area contributed by atoms with E-state index >= 15 is 0 Å². The average Bonchev–Trinajstić information content (AvgIpc) is 1.61. The number of hydrogen-bond acceptors (Lipinski definition) is 19. The van der Waals surface area contributed by atoms with Crippen LogP contribution in [0.5, 0.6) is 0 Å². The van der Waals surface area contributed by atoms with Crippen LogP contribution in [-0.2, 0) is 73.8 Å². The van der Waals surface area contributed by atoms with Gasteiger partial charge < -0.3 is 93.6 Å². The Morgan fingerprint density at radius 1 is 0.250 bits per heavy atom. The van der Waals surface area contributed by atoms with Crippen molar-refractivity contribution in [3.05, 3.63) is 219 Å². The maximum absolute atomic E-state index is 9.48. The summed E-state index contributed by atoms with van der Waals surface area (Å²) in [6.45, 7) is 111. The van der Waals surface area contributed by atoms with Crippen LogP contribution in [0.1, 0.15) is 328 Å². The highest BCUT2D eigenvalue weighted by atomic mass is 16.5. The summed E-state index contributed by atoms with van der Waals surface area (Å²) in [4.78, 5) is 32.4. The molecule has 0 saturated carbocycles. The van der Waals surface area contributed by atoms with E-state index in [-0.39, 0.29) is 64.3 Å². The molecule has 148 heavy (non-hydrogen) atoms. The van der Waals surface area contributed by atoms with E-state index in [1.807, 2.05) is 12.1 Å². The average molecular weight is 2040 g/mol. The monoisotopic (exact) mass is 2040 g/mol. The third-order valence-electron chi connectivity index (χ3n) is 36.0. The zero-order valence-corrected chi connectivity index (χ0v) is 100. The number of allylic oxidation sites excluding steroid dienone is 1. The van der Waals surface area contributed by atoms with Gasteiger partial charge in [0.15, 0.2) is 0 Å². The van der Waals surface area contributed by atoms with Gasteiger partial charge in [-0.2, -0.15) is 0 Å². The number of nitrogens with zero attached hydrogens (tertiary/aromatic N) is 13. The molecule has 0 bridgehead atoms. The zero-order chi connectivity index (χ0) is 109. The van der Waals surface area contributed by atoms with Crippen LogP contribution in [0.4, 0.5) is 39.8 Å². The lowest BCUT2D eigenvalue weighted by Gasteiger charge is -2.33. The van der Waals surface area contributed by atoms with E-state index in [1.165, 1.54) is 150 Å². The van der Waals surface area contributed by atoms with Crippen LogP contribution in [0.3, 0.4) is 0 Å². The van der Waals surface area contributed by atoms with Crippen LogP contribution >= 0.6 is 0 Å². The molecule has 7 aliphatic heterocycles. The highest BCUT2D eigenvalue weighted by molar-refractivity contribution is 5.73. The summed E-state index contributed by atoms with van der Waals surface area (Å²) in [5, 5.41) is 37.6. The molecule has 0 fully saturated rings. The number of aliphatic hydroxyl groups excluding tert-OH is 4. The summed E-state index contributed by atoms with van der Waals surface area (Å²) >= 11 is 0. The first-order chi connectivity index (χ1) is 70.4. The Kier molecular flexibility index (Phi) is 49.7. The number of para-hydroxylation sites is 3. The molecule has 6 atom stereocenters. The molecule has 7 aromatic carbocycles. The Morgan fingerprint density at radius 2 is 0.486 bits per heavy atom. The summed E-state index contributed by atoms with van der Waals surface area (Å²) in [7, 11) is 0. The molecule has 0 amide bonds. The fourth-order valence-corrected chi connectivity index (χ4v) is 23.7. The lowest BCUT2D eigenvalue weighted by molar-refractivity contribution is 0.110. The van der Waals surface area contributed by atoms with Crippen molar-refractivity contribution in [1.82, 2.24) is 29.4 Å². The van der Waals surface area contributed by atoms with E-state index in [9.17, 15) is 20.4 Å². The quantitative estimate of drug-likeness (QED) is 0.0269. The number of unbranched alkanes of at least 4 members (excludes halogenated alkanes) is 1. The number of benzene rings is 7. The zero-order valence-electron chi connectivity index (χ0n) is 100. The summed E-state index contributed by atoms with van der Waals surface area (Å²) in [5.41, 5.74) is 25.6. The predicted molar refractivity (Wildman–Crippen MR) is 639 cm³/mol. The van der Waals surface area contributed by atoms with Gasteiger partial charge in [0.2, 0.25) is 0 Å². The SMILES string of the molecule is C=C1N(CCN(CC)CC)c2cc(CO)ccc2C1(C)C.CCCCN1c2cc(CO)ccc2C(C)(C)[C@H]1C.CCCN(CCC)CCN1c2cc(CO)ccc2C(C)(C)[C@H]1C.CCCN(CCC)CCN1c2ccccc2C(C)(C)[C@H]1C.CCN(CC)CCN1c2ccccc2C(C)(C)[C@H]1C.CCN(CC)CCOCCN1c2cc(CO)ccc2C(C)(C)[C@H]1C.CCN(CC)CCOCCN1c2ccccc2C(C)(C)[C@H]1C. The molecule has 0 aliphatic carbocycles. The smallest absolute Gasteiger partial charge is 0.0682 e. The highest BCUT2D eigenvalue weighted by Crippen LogP contribution is 2.53. The lowest BCUT2D eigenvalue weighted by Crippen LogP contribution is -2.43. The largest absolute Gasteiger partial charge is 0.392 e. The van der Waals surface area contributed by atoms with Crippen molar-refractivity contribution in [2.75, 3.05) is 224 Å². The number of aliphatic hydroxyl groups is 4. The minimum absolute atomic E-state index is 0.0351. The molecule has 830 valence electrons. The van der Waals surface area contributed by atoms with E-state index in [4.69, 9.17) is 9.47 Å². The van der Waals surface area contributed by atoms with E-state index in [0.29, 0.717) is 36.3 Å². The highest BCUT2D eigenvalue weighted by Gasteiger charge is 2.48. The Hall–Kier alpha value is -7.60. The molecule has 0 radical (unpaired) electrons. The Labute approximate surface area is 904 Å². The van der Waals surface area contributed by atoms with Crippen molar-refractivity contribution in [2.45, 2.75) is 368 Å². The van der Waals surface area contributed by atoms with Crippen LogP contribution in [0.25, 0.3) is 0 Å². The van der Waals surface area contributed by atoms with Crippen molar-refractivity contribution in [3.8, 4) is 0 Å². The Morgan fingerprint density at radius 3 is 0.770 bits per heavy atom. The molecule has 7 heterocycles. The van der Waals surface area contributed by atoms with Gasteiger partial charge in [-0.05, 0) is 256 Å². The molecular weight excluding hydrogens is 1830 g/mol. The molecule has 19 nitrogen and oxygen atoms in total. The molecule has 0 saturated heterocycles. The van der Waals surface area contributed by atoms with Gasteiger partial charge >= 0.3 is 0 Å². The van der Waals surface area contributed by atoms with Crippen molar-refractivity contribution in [3.63, 3.8) is 0 Å². The minimum atomic E-state index is -0.0351. The summed E-state index contributed by atoms with van der Waals surface area (Å²) in [6, 6.07) is 55.3. The number of anilines is 7. The number of ether oxygens (including phenoxy) is 2. The maximum Gasteiger partial charge on any atom is 0.0682 e. The van der Waals surface area contributed by atoms with E-state index < -0.39 is 0 Å². The van der Waals surface area contributed by atoms with E-state index in [2.05, 4.69) is 432 Å². The van der Waals surface area contributed by atoms with Crippen LogP contribution < -0.4 is 34.3 Å². The molecule has 0 unspecified atom stereocenters. The van der Waals surface area contributed by atoms with E-state index in [1.54, 1.807) is 0 Å². The fourth-order valence-electron chi connectivity index (χ4n) is 23.7. The Bertz CT molecular complexity index is 5060. The van der Waals surface area contributed by atoms with Crippen LogP contribution in [0, 0.1) is 0 Å². The van der Waals surface area contributed by atoms with E-state index in [0.717, 1.165) is 185 Å². The fraction of sp³-hybridized carbons (Fsp3) is 0.659. The van der Waals surface area contributed by atoms with Crippen molar-refractivity contribution in [1.29, 1.82) is 0 Å². The maximum atomic E-state index is 9.48. The first-order valence-electron chi connectivity index (χ1n) is 58.3. The van der Waals surface area contributed by atoms with Gasteiger partial charge in [0.1, 0.15) is 0 Å². The number of rotatable bonds is 47. The normalized spacial score (nSPS) is 19.5. The minimum Gasteiger partial charge on any atom is -0.392 e. The molecule has 7 aromatic rings. The third kappa shape index (κ3) is 30.4. The Balaban J connectivity index is 0.000000211. The first kappa shape index (κ1) is 126. The second-order valence-corrected chi connectivity index (χ2v) is 46.7. The van der Waals surface area contributed by atoms with Gasteiger partial charge in [-0.3, -0.25) is 0 Å². The molecule has 19 heteroatoms. The molecule has 0 spiro atoms. The van der Waals surface area contributed by atoms with Gasteiger partial charge in [-0.25, -0.2) is 0 Å². The standard InChI is InChI=1S/C20H34N2O2.C20H34N2O.C19H32N2O.C19H32N2.C18H28N2O.C17H28N2.C16H25NO/c1-6-21(7-2)10-12-24-13-11-22-16(3)20(4,5)18-9-8-17(15-23)14-19(18)22;1-6-10-21(11-7-2)12-13-22-16(3)20(4,5)18-9-8-17(15-23)14-19(18)22;1-6-20(7-2)12-14-22-15-13-21-16(3)19(4,5)17-10-8-9-11-18(17)21;1-6-12-20(13-7-2)14-15-21-16(3)19(4,5)17-10-8-9-11-18(17)21;1-6-19(7-2)10-11-20-14(3)18(4,5)16-9-8-15(13-21)12-17(16)20;1-6-18(7-2)12-13-19-14(3)17(4,5)15-10-8-9-11-16(15)19;1-5-6-9-17-12(2)16(3,4)14-8-7-13(11-18)10-15(14)17/h8-9,14,16,23H,6-7,10-13,15H2,1-5H3;8-9,14,16,23H,6-7,10-13,15H2,1-5H3;8-11,16H,6-7,12-15H2,1-5H3;8-11,16H,6-7,12-15H2,1-5H3;8-9,12,21H,3,6-7,10-11,13H2,1-2,4-5H3;8-11,14H,6-7,12-13H2,1-5H3;7-8,10,12,18H,5-6,9,11H2,1-4H3/t4*16-;;14-;12-/m1111.11/s1. The molecule has 4 N–H and O–H groups in total. The molecule has 0 aromatic heterocycles. The summed E-state index contributed by atoms with van der Waals surface area (Å²) < 4.78 is 11.8. The molecular formula is C129H213N13O6. The summed E-state index contributed by atoms with van der Waals surface area (Å²) in [5.74, 6) is 0. The van der Waals surface area contributed by atoms with Gasteiger partial charge in [0, 0.05) is 205 Å². The van der Waals surface area contributed by atoms with Gasteiger partial charge in [-0.1, -0.05) is 303 Å². The topological polar surface area (TPSA) is 142 Å². The number of likely N-dealkylation sites (N-methyl/N-ethyl adjacent to an activating group) is 4. The first-order valence-corrected chi connectivity index (χ1v) is 58.3. The molecule has 7 aliphatic rings. The van der Waals surface area contributed by atoms with Crippen LogP contribution in [-0.4, -0.2) is 276 Å². The van der Waals surface area contributed by atoms with Crippen LogP contribution in [0.15, 0.2) is 158 Å². The molecule has 14 rings (SSSR count). The predicted octanol–water partition coefficient (Wildman–Crippen LogP) is 24.7. The lowest BCUT2D eigenvalue weighted by atomic mass is 9.81. The third-order valence-corrected chi connectivity index (χ3v) is 36.0. The van der Waals surface area contributed by atoms with Gasteiger partial charge in [0.25, 0.3) is 0 Å².